The molecule has 4 rings (SSSR count). The molecule has 0 saturated heterocycles. The van der Waals surface area contributed by atoms with Gasteiger partial charge in [0.15, 0.2) is 11.5 Å². The first-order valence-corrected chi connectivity index (χ1v) is 6.61. The quantitative estimate of drug-likeness (QED) is 0.718. The van der Waals surface area contributed by atoms with Crippen LogP contribution in [-0.4, -0.2) is 21.5 Å². The maximum absolute atomic E-state index is 11.4. The van der Waals surface area contributed by atoms with Crippen LogP contribution in [0.25, 0.3) is 22.8 Å². The van der Waals surface area contributed by atoms with Crippen LogP contribution in [0.4, 0.5) is 0 Å². The van der Waals surface area contributed by atoms with Gasteiger partial charge >= 0.3 is 0 Å². The number of ether oxygens (including phenoxy) is 2. The highest BCUT2D eigenvalue weighted by Gasteiger charge is 2.17. The summed E-state index contributed by atoms with van der Waals surface area (Å²) >= 11 is 0. The van der Waals surface area contributed by atoms with E-state index in [0.29, 0.717) is 28.8 Å². The molecule has 0 atom stereocenters. The fourth-order valence-corrected chi connectivity index (χ4v) is 2.21. The minimum Gasteiger partial charge on any atom is -0.454 e. The molecule has 110 valence electrons. The van der Waals surface area contributed by atoms with Crippen molar-refractivity contribution in [1.29, 1.82) is 0 Å². The maximum atomic E-state index is 11.4. The number of pyridine rings is 1. The SMILES string of the molecule is Cn1cc(-c2noc(-c3ccc4c(c3)OCO4)n2)ccc1=O. The van der Waals surface area contributed by atoms with Gasteiger partial charge in [-0.1, -0.05) is 5.16 Å². The highest BCUT2D eigenvalue weighted by Crippen LogP contribution is 2.35. The smallest absolute Gasteiger partial charge is 0.258 e. The summed E-state index contributed by atoms with van der Waals surface area (Å²) in [4.78, 5) is 15.8. The highest BCUT2D eigenvalue weighted by atomic mass is 16.7. The molecule has 0 fully saturated rings. The number of aromatic nitrogens is 3. The second-order valence-electron chi connectivity index (χ2n) is 4.86. The van der Waals surface area contributed by atoms with E-state index in [1.807, 2.05) is 6.07 Å². The molecule has 1 aliphatic heterocycles. The lowest BCUT2D eigenvalue weighted by atomic mass is 10.2. The molecule has 1 aliphatic rings. The Morgan fingerprint density at radius 1 is 1.09 bits per heavy atom. The summed E-state index contributed by atoms with van der Waals surface area (Å²) in [6.07, 6.45) is 1.66. The number of benzene rings is 1. The molecule has 0 radical (unpaired) electrons. The van der Waals surface area contributed by atoms with Gasteiger partial charge in [-0.15, -0.1) is 0 Å². The molecule has 7 heteroatoms. The summed E-state index contributed by atoms with van der Waals surface area (Å²) in [5, 5.41) is 3.95. The van der Waals surface area contributed by atoms with E-state index in [0.717, 1.165) is 5.56 Å². The fraction of sp³-hybridized carbons (Fsp3) is 0.133. The molecular formula is C15H11N3O4. The van der Waals surface area contributed by atoms with Crippen LogP contribution in [0.5, 0.6) is 11.5 Å². The molecule has 22 heavy (non-hydrogen) atoms. The van der Waals surface area contributed by atoms with Gasteiger partial charge in [0.25, 0.3) is 5.89 Å². The molecule has 0 bridgehead atoms. The van der Waals surface area contributed by atoms with E-state index in [1.165, 1.54) is 10.6 Å². The summed E-state index contributed by atoms with van der Waals surface area (Å²) in [5.41, 5.74) is 1.36. The molecule has 0 N–H and O–H groups in total. The zero-order valence-electron chi connectivity index (χ0n) is 11.6. The molecule has 0 unspecified atom stereocenters. The van der Waals surface area contributed by atoms with Crippen LogP contribution in [0, 0.1) is 0 Å². The molecule has 0 amide bonds. The monoisotopic (exact) mass is 297 g/mol. The third kappa shape index (κ3) is 2.03. The van der Waals surface area contributed by atoms with Crippen LogP contribution in [0.15, 0.2) is 45.8 Å². The average Bonchev–Trinajstić information content (AvgIpc) is 3.17. The standard InChI is InChI=1S/C15H11N3O4/c1-18-7-10(3-5-13(18)19)14-16-15(22-17-14)9-2-4-11-12(6-9)21-8-20-11/h2-7H,8H2,1H3. The van der Waals surface area contributed by atoms with Crippen LogP contribution in [0.3, 0.4) is 0 Å². The van der Waals surface area contributed by atoms with Crippen LogP contribution in [0.1, 0.15) is 0 Å². The lowest BCUT2D eigenvalue weighted by molar-refractivity contribution is 0.174. The van der Waals surface area contributed by atoms with Gasteiger partial charge < -0.3 is 18.6 Å². The molecular weight excluding hydrogens is 286 g/mol. The predicted octanol–water partition coefficient (Wildman–Crippen LogP) is 1.83. The zero-order valence-corrected chi connectivity index (χ0v) is 11.6. The number of rotatable bonds is 2. The Kier molecular flexibility index (Phi) is 2.72. The van der Waals surface area contributed by atoms with Gasteiger partial charge in [-0.05, 0) is 24.3 Å². The van der Waals surface area contributed by atoms with E-state index in [4.69, 9.17) is 14.0 Å². The van der Waals surface area contributed by atoms with Crippen molar-refractivity contribution in [2.45, 2.75) is 0 Å². The van der Waals surface area contributed by atoms with Crippen molar-refractivity contribution in [3.05, 3.63) is 46.9 Å². The van der Waals surface area contributed by atoms with Crippen LogP contribution in [-0.2, 0) is 7.05 Å². The molecule has 2 aromatic heterocycles. The molecule has 7 nitrogen and oxygen atoms in total. The van der Waals surface area contributed by atoms with Crippen LogP contribution < -0.4 is 15.0 Å². The Balaban J connectivity index is 1.72. The fourth-order valence-electron chi connectivity index (χ4n) is 2.21. The summed E-state index contributed by atoms with van der Waals surface area (Å²) < 4.78 is 17.4. The maximum Gasteiger partial charge on any atom is 0.258 e. The second-order valence-corrected chi connectivity index (χ2v) is 4.86. The van der Waals surface area contributed by atoms with Gasteiger partial charge in [-0.2, -0.15) is 4.98 Å². The number of aryl methyl sites for hydroxylation is 1. The Morgan fingerprint density at radius 2 is 1.91 bits per heavy atom. The van der Waals surface area contributed by atoms with Crippen LogP contribution in [0.2, 0.25) is 0 Å². The summed E-state index contributed by atoms with van der Waals surface area (Å²) in [6.45, 7) is 0.214. The van der Waals surface area contributed by atoms with E-state index in [1.54, 1.807) is 31.4 Å². The van der Waals surface area contributed by atoms with Gasteiger partial charge in [-0.25, -0.2) is 0 Å². The van der Waals surface area contributed by atoms with Crippen molar-refractivity contribution in [2.24, 2.45) is 7.05 Å². The molecule has 0 aliphatic carbocycles. The Morgan fingerprint density at radius 3 is 2.77 bits per heavy atom. The third-order valence-corrected chi connectivity index (χ3v) is 3.39. The minimum absolute atomic E-state index is 0.0942. The van der Waals surface area contributed by atoms with Crippen LogP contribution >= 0.6 is 0 Å². The first kappa shape index (κ1) is 12.6. The lowest BCUT2D eigenvalue weighted by Gasteiger charge is -1.98. The predicted molar refractivity (Wildman–Crippen MR) is 76.5 cm³/mol. The van der Waals surface area contributed by atoms with Gasteiger partial charge in [-0.3, -0.25) is 4.79 Å². The van der Waals surface area contributed by atoms with Gasteiger partial charge in [0.1, 0.15) is 0 Å². The van der Waals surface area contributed by atoms with E-state index < -0.39 is 0 Å². The zero-order chi connectivity index (χ0) is 15.1. The first-order chi connectivity index (χ1) is 10.7. The lowest BCUT2D eigenvalue weighted by Crippen LogP contribution is -2.14. The largest absolute Gasteiger partial charge is 0.454 e. The number of fused-ring (bicyclic) bond motifs is 1. The van der Waals surface area contributed by atoms with E-state index in [9.17, 15) is 4.79 Å². The summed E-state index contributed by atoms with van der Waals surface area (Å²) in [5.74, 6) is 2.14. The van der Waals surface area contributed by atoms with Crippen molar-refractivity contribution in [1.82, 2.24) is 14.7 Å². The Labute approximate surface area is 124 Å². The molecule has 1 aromatic carbocycles. The van der Waals surface area contributed by atoms with E-state index >= 15 is 0 Å². The molecule has 3 aromatic rings. The van der Waals surface area contributed by atoms with Gasteiger partial charge in [0.05, 0.1) is 0 Å². The average molecular weight is 297 g/mol. The van der Waals surface area contributed by atoms with Crippen molar-refractivity contribution in [3.8, 4) is 34.3 Å². The van der Waals surface area contributed by atoms with Crippen molar-refractivity contribution < 1.29 is 14.0 Å². The highest BCUT2D eigenvalue weighted by molar-refractivity contribution is 5.63. The molecule has 0 saturated carbocycles. The first-order valence-electron chi connectivity index (χ1n) is 6.61. The normalized spacial score (nSPS) is 12.6. The number of hydrogen-bond donors (Lipinski definition) is 0. The summed E-state index contributed by atoms with van der Waals surface area (Å²) in [6, 6.07) is 8.54. The van der Waals surface area contributed by atoms with Crippen molar-refractivity contribution >= 4 is 0 Å². The van der Waals surface area contributed by atoms with E-state index in [2.05, 4.69) is 10.1 Å². The van der Waals surface area contributed by atoms with Gasteiger partial charge in [0, 0.05) is 30.4 Å². The van der Waals surface area contributed by atoms with Crippen molar-refractivity contribution in [2.75, 3.05) is 6.79 Å². The summed E-state index contributed by atoms with van der Waals surface area (Å²) in [7, 11) is 1.67. The number of hydrogen-bond acceptors (Lipinski definition) is 6. The number of nitrogens with zero attached hydrogens (tertiary/aromatic N) is 3. The third-order valence-electron chi connectivity index (χ3n) is 3.39. The Bertz CT molecular complexity index is 913. The Hall–Kier alpha value is -3.09. The van der Waals surface area contributed by atoms with E-state index in [-0.39, 0.29) is 12.4 Å². The molecule has 3 heterocycles. The minimum atomic E-state index is -0.0942. The molecule has 0 spiro atoms. The van der Waals surface area contributed by atoms with Gasteiger partial charge in [0.2, 0.25) is 18.2 Å². The second kappa shape index (κ2) is 4.73. The van der Waals surface area contributed by atoms with Crippen molar-refractivity contribution in [3.63, 3.8) is 0 Å². The topological polar surface area (TPSA) is 79.4 Å².